The van der Waals surface area contributed by atoms with Gasteiger partial charge < -0.3 is 5.32 Å². The number of hydrogen-bond donors (Lipinski definition) is 2. The van der Waals surface area contributed by atoms with E-state index >= 15 is 0 Å². The summed E-state index contributed by atoms with van der Waals surface area (Å²) >= 11 is 0. The third-order valence-electron chi connectivity index (χ3n) is 3.71. The van der Waals surface area contributed by atoms with Crippen molar-refractivity contribution in [2.24, 2.45) is 5.14 Å². The van der Waals surface area contributed by atoms with Crippen molar-refractivity contribution in [3.05, 3.63) is 65.2 Å². The minimum Gasteiger partial charge on any atom is -0.349 e. The van der Waals surface area contributed by atoms with E-state index in [4.69, 9.17) is 5.14 Å². The summed E-state index contributed by atoms with van der Waals surface area (Å²) in [6.07, 6.45) is -4.67. The third kappa shape index (κ3) is 5.30. The second kappa shape index (κ2) is 7.46. The van der Waals surface area contributed by atoms with Crippen LogP contribution in [0.4, 0.5) is 13.2 Å². The van der Waals surface area contributed by atoms with Gasteiger partial charge in [0.25, 0.3) is 0 Å². The van der Waals surface area contributed by atoms with Gasteiger partial charge in [0.15, 0.2) is 0 Å². The first-order chi connectivity index (χ1) is 12.0. The molecule has 2 rings (SSSR count). The molecule has 0 saturated carbocycles. The predicted molar refractivity (Wildman–Crippen MR) is 89.5 cm³/mol. The quantitative estimate of drug-likeness (QED) is 0.828. The molecule has 26 heavy (non-hydrogen) atoms. The van der Waals surface area contributed by atoms with Gasteiger partial charge in [0.2, 0.25) is 15.9 Å². The maximum Gasteiger partial charge on any atom is 0.416 e. The molecule has 3 N–H and O–H groups in total. The lowest BCUT2D eigenvalue weighted by molar-refractivity contribution is -0.137. The van der Waals surface area contributed by atoms with Crippen molar-refractivity contribution in [1.82, 2.24) is 5.32 Å². The normalized spacial score (nSPS) is 13.3. The molecule has 5 nitrogen and oxygen atoms in total. The molecule has 0 saturated heterocycles. The van der Waals surface area contributed by atoms with E-state index in [1.165, 1.54) is 36.4 Å². The van der Waals surface area contributed by atoms with Crippen LogP contribution in [0.2, 0.25) is 0 Å². The van der Waals surface area contributed by atoms with Crippen molar-refractivity contribution in [1.29, 1.82) is 0 Å². The lowest BCUT2D eigenvalue weighted by Gasteiger charge is -2.15. The molecule has 2 aromatic rings. The van der Waals surface area contributed by atoms with Gasteiger partial charge in [0.1, 0.15) is 0 Å². The molecular weight excluding hydrogens is 369 g/mol. The zero-order chi connectivity index (χ0) is 19.5. The molecule has 0 bridgehead atoms. The van der Waals surface area contributed by atoms with Gasteiger partial charge in [-0.2, -0.15) is 13.2 Å². The maximum atomic E-state index is 12.7. The summed E-state index contributed by atoms with van der Waals surface area (Å²) in [6, 6.07) is 9.77. The molecule has 2 aromatic carbocycles. The van der Waals surface area contributed by atoms with E-state index < -0.39 is 33.7 Å². The molecule has 0 aromatic heterocycles. The minimum atomic E-state index is -4.47. The Balaban J connectivity index is 2.03. The summed E-state index contributed by atoms with van der Waals surface area (Å²) in [6.45, 7) is 1.68. The molecule has 0 spiro atoms. The fourth-order valence-electron chi connectivity index (χ4n) is 2.37. The molecule has 1 amide bonds. The number of carbonyl (C=O) groups is 1. The lowest BCUT2D eigenvalue weighted by atomic mass is 10.1. The predicted octanol–water partition coefficient (Wildman–Crippen LogP) is 2.77. The van der Waals surface area contributed by atoms with E-state index in [-0.39, 0.29) is 16.9 Å². The second-order valence-electron chi connectivity index (χ2n) is 5.78. The Morgan fingerprint density at radius 3 is 2.31 bits per heavy atom. The molecule has 0 fully saturated rings. The maximum absolute atomic E-state index is 12.7. The summed E-state index contributed by atoms with van der Waals surface area (Å²) in [5.74, 6) is -0.452. The van der Waals surface area contributed by atoms with Crippen LogP contribution in [0.3, 0.4) is 0 Å². The first-order valence-corrected chi connectivity index (χ1v) is 9.10. The Kier molecular flexibility index (Phi) is 5.72. The highest BCUT2D eigenvalue weighted by Crippen LogP contribution is 2.29. The fraction of sp³-hybridized carbons (Fsp3) is 0.235. The molecule has 0 radical (unpaired) electrons. The standard InChI is InChI=1S/C17H17F3N2O3S/c1-11(13-5-7-15(8-6-13)26(21,24)25)22-16(23)10-12-3-2-4-14(9-12)17(18,19)20/h2-9,11H,10H2,1H3,(H,22,23)(H2,21,24,25). The van der Waals surface area contributed by atoms with Gasteiger partial charge in [-0.15, -0.1) is 0 Å². The third-order valence-corrected chi connectivity index (χ3v) is 4.63. The van der Waals surface area contributed by atoms with Crippen LogP contribution in [0.25, 0.3) is 0 Å². The Morgan fingerprint density at radius 1 is 1.15 bits per heavy atom. The number of nitrogens with one attached hydrogen (secondary N) is 1. The first kappa shape index (κ1) is 19.9. The monoisotopic (exact) mass is 386 g/mol. The van der Waals surface area contributed by atoms with E-state index in [0.717, 1.165) is 12.1 Å². The molecule has 140 valence electrons. The largest absolute Gasteiger partial charge is 0.416 e. The van der Waals surface area contributed by atoms with Crippen molar-refractivity contribution in [2.45, 2.75) is 30.5 Å². The molecule has 9 heteroatoms. The molecule has 0 heterocycles. The number of nitrogens with two attached hydrogens (primary N) is 1. The molecular formula is C17H17F3N2O3S. The van der Waals surface area contributed by atoms with Gasteiger partial charge in [-0.1, -0.05) is 30.3 Å². The van der Waals surface area contributed by atoms with Crippen LogP contribution in [0.5, 0.6) is 0 Å². The number of alkyl halides is 3. The Labute approximate surface area is 149 Å². The minimum absolute atomic E-state index is 0.0521. The lowest BCUT2D eigenvalue weighted by Crippen LogP contribution is -2.28. The van der Waals surface area contributed by atoms with Crippen LogP contribution in [0, 0.1) is 0 Å². The average Bonchev–Trinajstić information content (AvgIpc) is 2.53. The Bertz CT molecular complexity index is 894. The number of sulfonamides is 1. The summed E-state index contributed by atoms with van der Waals surface area (Å²) < 4.78 is 60.5. The van der Waals surface area contributed by atoms with E-state index in [9.17, 15) is 26.4 Å². The van der Waals surface area contributed by atoms with Crippen molar-refractivity contribution in [3.63, 3.8) is 0 Å². The van der Waals surface area contributed by atoms with Gasteiger partial charge in [-0.3, -0.25) is 4.79 Å². The molecule has 0 aliphatic carbocycles. The average molecular weight is 386 g/mol. The number of benzene rings is 2. The van der Waals surface area contributed by atoms with Crippen LogP contribution >= 0.6 is 0 Å². The summed E-state index contributed by atoms with van der Waals surface area (Å²) in [5.41, 5.74) is 0.0679. The van der Waals surface area contributed by atoms with Crippen molar-refractivity contribution < 1.29 is 26.4 Å². The highest BCUT2D eigenvalue weighted by Gasteiger charge is 2.30. The number of rotatable bonds is 5. The first-order valence-electron chi connectivity index (χ1n) is 7.55. The van der Waals surface area contributed by atoms with Crippen molar-refractivity contribution in [3.8, 4) is 0 Å². The van der Waals surface area contributed by atoms with E-state index in [2.05, 4.69) is 5.32 Å². The van der Waals surface area contributed by atoms with Crippen LogP contribution < -0.4 is 10.5 Å². The number of halogens is 3. The van der Waals surface area contributed by atoms with Crippen LogP contribution in [-0.2, 0) is 27.4 Å². The number of amides is 1. The zero-order valence-corrected chi connectivity index (χ0v) is 14.6. The summed E-state index contributed by atoms with van der Waals surface area (Å²) in [5, 5.41) is 7.67. The highest BCUT2D eigenvalue weighted by atomic mass is 32.2. The fourth-order valence-corrected chi connectivity index (χ4v) is 2.88. The number of primary sulfonamides is 1. The van der Waals surface area contributed by atoms with Gasteiger partial charge in [-0.25, -0.2) is 13.6 Å². The number of carbonyl (C=O) groups excluding carboxylic acids is 1. The van der Waals surface area contributed by atoms with Gasteiger partial charge in [0.05, 0.1) is 22.9 Å². The Morgan fingerprint density at radius 2 is 1.77 bits per heavy atom. The summed E-state index contributed by atoms with van der Waals surface area (Å²) in [7, 11) is -3.80. The zero-order valence-electron chi connectivity index (χ0n) is 13.7. The summed E-state index contributed by atoms with van der Waals surface area (Å²) in [4.78, 5) is 12.0. The molecule has 0 aliphatic heterocycles. The topological polar surface area (TPSA) is 89.3 Å². The van der Waals surface area contributed by atoms with Crippen LogP contribution in [0.15, 0.2) is 53.4 Å². The molecule has 0 aliphatic rings. The van der Waals surface area contributed by atoms with Crippen LogP contribution in [-0.4, -0.2) is 14.3 Å². The van der Waals surface area contributed by atoms with Crippen LogP contribution in [0.1, 0.15) is 29.7 Å². The molecule has 1 unspecified atom stereocenters. The highest BCUT2D eigenvalue weighted by molar-refractivity contribution is 7.89. The smallest absolute Gasteiger partial charge is 0.349 e. The van der Waals surface area contributed by atoms with Gasteiger partial charge in [-0.05, 0) is 36.2 Å². The van der Waals surface area contributed by atoms with Gasteiger partial charge >= 0.3 is 6.18 Å². The van der Waals surface area contributed by atoms with Crippen molar-refractivity contribution in [2.75, 3.05) is 0 Å². The molecule has 1 atom stereocenters. The number of hydrogen-bond acceptors (Lipinski definition) is 3. The van der Waals surface area contributed by atoms with E-state index in [1.54, 1.807) is 6.92 Å². The Hall–Kier alpha value is -2.39. The van der Waals surface area contributed by atoms with E-state index in [0.29, 0.717) is 5.56 Å². The van der Waals surface area contributed by atoms with Gasteiger partial charge in [0, 0.05) is 0 Å². The van der Waals surface area contributed by atoms with Crippen molar-refractivity contribution >= 4 is 15.9 Å². The van der Waals surface area contributed by atoms with E-state index in [1.807, 2.05) is 0 Å². The SMILES string of the molecule is CC(NC(=O)Cc1cccc(C(F)(F)F)c1)c1ccc(S(N)(=O)=O)cc1. The second-order valence-corrected chi connectivity index (χ2v) is 7.34.